The summed E-state index contributed by atoms with van der Waals surface area (Å²) in [6.07, 6.45) is 12.8. The van der Waals surface area contributed by atoms with Gasteiger partial charge in [-0.15, -0.1) is 6.58 Å². The van der Waals surface area contributed by atoms with Gasteiger partial charge in [0.2, 0.25) is 0 Å². The molecule has 0 bridgehead atoms. The minimum Gasteiger partial charge on any atom is -0.356 e. The highest BCUT2D eigenvalue weighted by molar-refractivity contribution is 5.77. The fraction of sp³-hybridized carbons (Fsp3) is 0.143. The van der Waals surface area contributed by atoms with Crippen molar-refractivity contribution in [2.45, 2.75) is 27.2 Å². The predicted octanol–water partition coefficient (Wildman–Crippen LogP) is 8.66. The van der Waals surface area contributed by atoms with Crippen LogP contribution in [-0.4, -0.2) is 0 Å². The highest BCUT2D eigenvalue weighted by Gasteiger charge is 2.02. The molecule has 0 unspecified atom stereocenters. The van der Waals surface area contributed by atoms with Gasteiger partial charge in [-0.25, -0.2) is 0 Å². The Kier molecular flexibility index (Phi) is 11.3. The van der Waals surface area contributed by atoms with Crippen LogP contribution < -0.4 is 5.32 Å². The Labute approximate surface area is 177 Å². The van der Waals surface area contributed by atoms with Crippen LogP contribution in [0.5, 0.6) is 0 Å². The van der Waals surface area contributed by atoms with Crippen molar-refractivity contribution in [2.75, 3.05) is 5.32 Å². The van der Waals surface area contributed by atoms with Crippen molar-refractivity contribution in [3.8, 4) is 0 Å². The predicted molar refractivity (Wildman–Crippen MR) is 133 cm³/mol. The van der Waals surface area contributed by atoms with Crippen LogP contribution >= 0.6 is 0 Å². The monoisotopic (exact) mass is 383 g/mol. The first-order valence-electron chi connectivity index (χ1n) is 9.92. The van der Waals surface area contributed by atoms with Gasteiger partial charge in [-0.05, 0) is 66.8 Å². The van der Waals surface area contributed by atoms with Crippen LogP contribution in [0.25, 0.3) is 5.57 Å². The Morgan fingerprint density at radius 2 is 1.55 bits per heavy atom. The lowest BCUT2D eigenvalue weighted by Crippen LogP contribution is -1.91. The van der Waals surface area contributed by atoms with Crippen molar-refractivity contribution in [2.24, 2.45) is 0 Å². The molecule has 0 radical (unpaired) electrons. The van der Waals surface area contributed by atoms with Gasteiger partial charge in [-0.1, -0.05) is 86.9 Å². The first kappa shape index (κ1) is 23.7. The smallest absolute Gasteiger partial charge is 0.0384 e. The molecule has 0 heterocycles. The summed E-state index contributed by atoms with van der Waals surface area (Å²) >= 11 is 0. The molecular weight excluding hydrogens is 350 g/mol. The average molecular weight is 384 g/mol. The van der Waals surface area contributed by atoms with Gasteiger partial charge in [0.05, 0.1) is 0 Å². The molecule has 0 aromatic heterocycles. The zero-order valence-electron chi connectivity index (χ0n) is 18.0. The summed E-state index contributed by atoms with van der Waals surface area (Å²) in [6, 6.07) is 18.7. The number of allylic oxidation sites excluding steroid dienone is 9. The number of hydrogen-bond donors (Lipinski definition) is 1. The number of anilines is 2. The molecular formula is C28H33N. The maximum absolute atomic E-state index is 4.12. The quantitative estimate of drug-likeness (QED) is 0.355. The summed E-state index contributed by atoms with van der Waals surface area (Å²) in [5, 5.41) is 3.42. The minimum absolute atomic E-state index is 0.984. The van der Waals surface area contributed by atoms with Crippen LogP contribution in [0, 0.1) is 0 Å². The normalized spacial score (nSPS) is 11.4. The van der Waals surface area contributed by atoms with E-state index >= 15 is 0 Å². The molecule has 0 spiro atoms. The fourth-order valence-corrected chi connectivity index (χ4v) is 2.56. The number of nitrogens with one attached hydrogen (secondary N) is 1. The summed E-state index contributed by atoms with van der Waals surface area (Å²) in [5.41, 5.74) is 6.72. The second-order valence-electron chi connectivity index (χ2n) is 6.49. The Balaban J connectivity index is 0.00000132. The van der Waals surface area contributed by atoms with Crippen molar-refractivity contribution in [3.05, 3.63) is 127 Å². The van der Waals surface area contributed by atoms with E-state index in [4.69, 9.17) is 0 Å². The minimum atomic E-state index is 0.984. The van der Waals surface area contributed by atoms with Gasteiger partial charge < -0.3 is 5.32 Å². The highest BCUT2D eigenvalue weighted by atomic mass is 14.9. The Hall–Kier alpha value is -3.32. The second-order valence-corrected chi connectivity index (χ2v) is 6.49. The van der Waals surface area contributed by atoms with Crippen LogP contribution in [0.2, 0.25) is 0 Å². The van der Waals surface area contributed by atoms with Crippen molar-refractivity contribution in [3.63, 3.8) is 0 Å². The molecule has 0 saturated carbocycles. The summed E-state index contributed by atoms with van der Waals surface area (Å²) in [7, 11) is 0. The van der Waals surface area contributed by atoms with E-state index in [-0.39, 0.29) is 0 Å². The van der Waals surface area contributed by atoms with E-state index in [0.717, 1.165) is 28.9 Å². The SMILES string of the molecule is C=C/C=C\C(=C)/C(C)=C/C(=C\CC)c1ccc(Nc2ccccc2)cc1.C=CC. The molecule has 1 N–H and O–H groups in total. The second kappa shape index (κ2) is 13.8. The molecule has 0 aliphatic rings. The van der Waals surface area contributed by atoms with Crippen LogP contribution in [0.4, 0.5) is 11.4 Å². The molecule has 0 aliphatic heterocycles. The van der Waals surface area contributed by atoms with Gasteiger partial charge in [0.15, 0.2) is 0 Å². The molecule has 0 amide bonds. The van der Waals surface area contributed by atoms with Gasteiger partial charge in [0, 0.05) is 11.4 Å². The van der Waals surface area contributed by atoms with Crippen LogP contribution in [-0.2, 0) is 0 Å². The third kappa shape index (κ3) is 8.94. The zero-order chi connectivity index (χ0) is 21.5. The molecule has 2 rings (SSSR count). The number of hydrogen-bond acceptors (Lipinski definition) is 1. The molecule has 0 atom stereocenters. The van der Waals surface area contributed by atoms with E-state index in [1.165, 1.54) is 11.1 Å². The van der Waals surface area contributed by atoms with Gasteiger partial charge in [0.25, 0.3) is 0 Å². The van der Waals surface area contributed by atoms with Crippen molar-refractivity contribution >= 4 is 16.9 Å². The third-order valence-electron chi connectivity index (χ3n) is 4.02. The first-order chi connectivity index (χ1) is 14.0. The molecule has 0 saturated heterocycles. The lowest BCUT2D eigenvalue weighted by atomic mass is 9.99. The van der Waals surface area contributed by atoms with Crippen LogP contribution in [0.3, 0.4) is 0 Å². The zero-order valence-corrected chi connectivity index (χ0v) is 18.0. The summed E-state index contributed by atoms with van der Waals surface area (Å²) in [4.78, 5) is 0. The molecule has 0 aliphatic carbocycles. The van der Waals surface area contributed by atoms with Gasteiger partial charge >= 0.3 is 0 Å². The maximum atomic E-state index is 4.12. The van der Waals surface area contributed by atoms with Crippen molar-refractivity contribution < 1.29 is 0 Å². The Morgan fingerprint density at radius 3 is 2.10 bits per heavy atom. The van der Waals surface area contributed by atoms with E-state index in [0.29, 0.717) is 0 Å². The molecule has 1 heteroatoms. The van der Waals surface area contributed by atoms with Gasteiger partial charge in [-0.2, -0.15) is 0 Å². The molecule has 1 nitrogen and oxygen atoms in total. The van der Waals surface area contributed by atoms with Crippen LogP contribution in [0.1, 0.15) is 32.8 Å². The van der Waals surface area contributed by atoms with E-state index in [1.54, 1.807) is 12.2 Å². The third-order valence-corrected chi connectivity index (χ3v) is 4.02. The lowest BCUT2D eigenvalue weighted by Gasteiger charge is -2.09. The number of para-hydroxylation sites is 1. The summed E-state index contributed by atoms with van der Waals surface area (Å²) in [5.74, 6) is 0. The number of benzene rings is 2. The van der Waals surface area contributed by atoms with E-state index in [2.05, 4.69) is 87.5 Å². The van der Waals surface area contributed by atoms with Crippen molar-refractivity contribution in [1.82, 2.24) is 0 Å². The molecule has 150 valence electrons. The van der Waals surface area contributed by atoms with E-state index in [9.17, 15) is 0 Å². The average Bonchev–Trinajstić information content (AvgIpc) is 2.73. The van der Waals surface area contributed by atoms with E-state index < -0.39 is 0 Å². The van der Waals surface area contributed by atoms with E-state index in [1.807, 2.05) is 37.3 Å². The Bertz CT molecular complexity index is 862. The molecule has 2 aromatic carbocycles. The topological polar surface area (TPSA) is 12.0 Å². The molecule has 0 fully saturated rings. The summed E-state index contributed by atoms with van der Waals surface area (Å²) < 4.78 is 0. The molecule has 29 heavy (non-hydrogen) atoms. The van der Waals surface area contributed by atoms with Gasteiger partial charge in [0.1, 0.15) is 0 Å². The summed E-state index contributed by atoms with van der Waals surface area (Å²) in [6.45, 7) is 17.3. The number of rotatable bonds is 8. The van der Waals surface area contributed by atoms with Crippen molar-refractivity contribution in [1.29, 1.82) is 0 Å². The Morgan fingerprint density at radius 1 is 0.966 bits per heavy atom. The first-order valence-corrected chi connectivity index (χ1v) is 9.92. The maximum Gasteiger partial charge on any atom is 0.0384 e. The lowest BCUT2D eigenvalue weighted by molar-refractivity contribution is 1.23. The standard InChI is InChI=1S/C25H27N.C3H6/c1-5-7-12-20(3)21(4)19-23(11-6-2)22-15-17-25(18-16-22)26-24-13-9-8-10-14-24;1-3-2/h5,7-19,26H,1,3,6H2,2,4H3;3H,1H2,2H3/b12-7-,21-19+,23-11+;. The molecule has 2 aromatic rings. The van der Waals surface area contributed by atoms with Crippen LogP contribution in [0.15, 0.2) is 122 Å². The van der Waals surface area contributed by atoms with Gasteiger partial charge in [-0.3, -0.25) is 0 Å². The highest BCUT2D eigenvalue weighted by Crippen LogP contribution is 2.24. The largest absolute Gasteiger partial charge is 0.356 e. The fourth-order valence-electron chi connectivity index (χ4n) is 2.56.